The van der Waals surface area contributed by atoms with Crippen LogP contribution in [0.5, 0.6) is 11.5 Å². The number of carbonyl (C=O) groups excluding carboxylic acids is 2. The van der Waals surface area contributed by atoms with E-state index in [9.17, 15) is 9.59 Å². The molecule has 0 saturated carbocycles. The Morgan fingerprint density at radius 1 is 0.971 bits per heavy atom. The Hall–Kier alpha value is -4.45. The van der Waals surface area contributed by atoms with Crippen LogP contribution in [0.4, 0.5) is 0 Å². The second-order valence-corrected chi connectivity index (χ2v) is 7.99. The van der Waals surface area contributed by atoms with Crippen molar-refractivity contribution in [1.29, 1.82) is 0 Å². The Bertz CT molecular complexity index is 1350. The number of hydrogen-bond donors (Lipinski definition) is 1. The molecule has 0 bridgehead atoms. The fraction of sp³-hybridized carbons (Fsp3) is 0.107. The van der Waals surface area contributed by atoms with E-state index in [1.807, 2.05) is 54.7 Å². The Morgan fingerprint density at radius 2 is 1.76 bits per heavy atom. The molecular formula is C28H22N2O4. The number of ketones is 1. The number of amides is 1. The van der Waals surface area contributed by atoms with Gasteiger partial charge in [-0.2, -0.15) is 0 Å². The van der Waals surface area contributed by atoms with Crippen LogP contribution in [0.25, 0.3) is 11.1 Å². The van der Waals surface area contributed by atoms with Crippen LogP contribution in [0.3, 0.4) is 0 Å². The third-order valence-electron chi connectivity index (χ3n) is 5.81. The summed E-state index contributed by atoms with van der Waals surface area (Å²) in [5.74, 6) is 0.657. The predicted molar refractivity (Wildman–Crippen MR) is 128 cm³/mol. The van der Waals surface area contributed by atoms with Crippen LogP contribution >= 0.6 is 0 Å². The molecule has 1 aliphatic heterocycles. The first-order valence-corrected chi connectivity index (χ1v) is 11.0. The van der Waals surface area contributed by atoms with Crippen molar-refractivity contribution in [2.45, 2.75) is 12.5 Å². The van der Waals surface area contributed by atoms with Crippen molar-refractivity contribution in [3.8, 4) is 22.6 Å². The molecule has 0 spiro atoms. The molecule has 34 heavy (non-hydrogen) atoms. The van der Waals surface area contributed by atoms with Crippen LogP contribution in [0.2, 0.25) is 0 Å². The number of hydrogen-bond acceptors (Lipinski definition) is 5. The molecule has 2 heterocycles. The van der Waals surface area contributed by atoms with Crippen molar-refractivity contribution in [1.82, 2.24) is 4.98 Å². The van der Waals surface area contributed by atoms with Gasteiger partial charge in [-0.25, -0.2) is 0 Å². The largest absolute Gasteiger partial charge is 0.492 e. The lowest BCUT2D eigenvalue weighted by Gasteiger charge is -2.24. The number of benzene rings is 3. The minimum Gasteiger partial charge on any atom is -0.492 e. The minimum absolute atomic E-state index is 0.0619. The zero-order chi connectivity index (χ0) is 23.5. The fourth-order valence-corrected chi connectivity index (χ4v) is 4.08. The summed E-state index contributed by atoms with van der Waals surface area (Å²) in [5, 5.41) is 0. The summed E-state index contributed by atoms with van der Waals surface area (Å²) < 4.78 is 12.2. The summed E-state index contributed by atoms with van der Waals surface area (Å²) in [6.07, 6.45) is 3.40. The van der Waals surface area contributed by atoms with Crippen molar-refractivity contribution < 1.29 is 19.1 Å². The number of nitrogens with zero attached hydrogens (tertiary/aromatic N) is 1. The summed E-state index contributed by atoms with van der Waals surface area (Å²) in [4.78, 5) is 28.1. The normalized spacial score (nSPS) is 13.5. The maximum Gasteiger partial charge on any atom is 0.248 e. The van der Waals surface area contributed by atoms with E-state index >= 15 is 0 Å². The third-order valence-corrected chi connectivity index (χ3v) is 5.81. The molecule has 1 atom stereocenters. The molecule has 5 rings (SSSR count). The van der Waals surface area contributed by atoms with Gasteiger partial charge in [0, 0.05) is 41.6 Å². The Labute approximate surface area is 197 Å². The van der Waals surface area contributed by atoms with E-state index in [4.69, 9.17) is 15.2 Å². The lowest BCUT2D eigenvalue weighted by molar-refractivity contribution is 0.0932. The van der Waals surface area contributed by atoms with E-state index in [-0.39, 0.29) is 5.78 Å². The van der Waals surface area contributed by atoms with E-state index in [1.54, 1.807) is 36.5 Å². The molecule has 0 fully saturated rings. The highest BCUT2D eigenvalue weighted by molar-refractivity contribution is 5.99. The number of primary amides is 1. The lowest BCUT2D eigenvalue weighted by Crippen LogP contribution is -2.16. The van der Waals surface area contributed by atoms with Gasteiger partial charge in [0.25, 0.3) is 0 Å². The zero-order valence-electron chi connectivity index (χ0n) is 18.3. The second-order valence-electron chi connectivity index (χ2n) is 7.99. The molecule has 2 N–H and O–H groups in total. The Kier molecular flexibility index (Phi) is 5.79. The number of fused-ring (bicyclic) bond motifs is 1. The fourth-order valence-electron chi connectivity index (χ4n) is 4.08. The molecule has 1 amide bonds. The molecule has 1 unspecified atom stereocenters. The molecule has 0 radical (unpaired) electrons. The van der Waals surface area contributed by atoms with Crippen LogP contribution in [-0.2, 0) is 0 Å². The molecule has 0 aliphatic carbocycles. The Morgan fingerprint density at radius 3 is 2.53 bits per heavy atom. The summed E-state index contributed by atoms with van der Waals surface area (Å²) in [6, 6.07) is 24.2. The van der Waals surface area contributed by atoms with E-state index in [2.05, 4.69) is 4.98 Å². The first kappa shape index (κ1) is 21.4. The molecule has 4 aromatic rings. The second kappa shape index (κ2) is 9.19. The van der Waals surface area contributed by atoms with E-state index in [0.29, 0.717) is 35.7 Å². The van der Waals surface area contributed by atoms with Crippen LogP contribution in [0.15, 0.2) is 91.3 Å². The predicted octanol–water partition coefficient (Wildman–Crippen LogP) is 4.98. The highest BCUT2D eigenvalue weighted by atomic mass is 16.5. The molecule has 1 aromatic heterocycles. The lowest BCUT2D eigenvalue weighted by atomic mass is 9.93. The third kappa shape index (κ3) is 4.26. The number of ether oxygens (including phenoxy) is 2. The zero-order valence-corrected chi connectivity index (χ0v) is 18.3. The van der Waals surface area contributed by atoms with Crippen molar-refractivity contribution in [2.75, 3.05) is 6.61 Å². The van der Waals surface area contributed by atoms with Gasteiger partial charge in [0.2, 0.25) is 5.91 Å². The van der Waals surface area contributed by atoms with Gasteiger partial charge < -0.3 is 15.2 Å². The number of rotatable bonds is 6. The van der Waals surface area contributed by atoms with Crippen molar-refractivity contribution >= 4 is 11.7 Å². The molecule has 6 heteroatoms. The number of nitrogens with two attached hydrogens (primary N) is 1. The standard InChI is InChI=1S/C28H22N2O4/c29-28(32)20-8-6-19(7-9-20)27(22-12-14-30-17-24(22)18-4-2-1-3-5-18)34-21-10-11-23-25(31)13-15-33-26(23)16-21/h1-12,14,16-17,27H,13,15H2,(H2,29,32). The summed E-state index contributed by atoms with van der Waals surface area (Å²) in [5.41, 5.74) is 10.1. The van der Waals surface area contributed by atoms with Gasteiger partial charge in [0.05, 0.1) is 12.2 Å². The molecule has 0 saturated heterocycles. The Balaban J connectivity index is 1.59. The van der Waals surface area contributed by atoms with Crippen LogP contribution < -0.4 is 15.2 Å². The van der Waals surface area contributed by atoms with Gasteiger partial charge in [0.1, 0.15) is 17.6 Å². The number of aromatic nitrogens is 1. The van der Waals surface area contributed by atoms with Crippen molar-refractivity contribution in [3.63, 3.8) is 0 Å². The average molecular weight is 450 g/mol. The number of carbonyl (C=O) groups is 2. The smallest absolute Gasteiger partial charge is 0.248 e. The molecule has 3 aromatic carbocycles. The summed E-state index contributed by atoms with van der Waals surface area (Å²) >= 11 is 0. The SMILES string of the molecule is NC(=O)c1ccc(C(Oc2ccc3c(c2)OCCC3=O)c2ccncc2-c2ccccc2)cc1. The summed E-state index contributed by atoms with van der Waals surface area (Å²) in [7, 11) is 0. The molecule has 6 nitrogen and oxygen atoms in total. The van der Waals surface area contributed by atoms with Crippen molar-refractivity contribution in [2.24, 2.45) is 5.73 Å². The van der Waals surface area contributed by atoms with E-state index in [0.717, 1.165) is 22.3 Å². The highest BCUT2D eigenvalue weighted by Gasteiger charge is 2.23. The summed E-state index contributed by atoms with van der Waals surface area (Å²) in [6.45, 7) is 0.357. The highest BCUT2D eigenvalue weighted by Crippen LogP contribution is 2.37. The van der Waals surface area contributed by atoms with Crippen LogP contribution in [0, 0.1) is 0 Å². The van der Waals surface area contributed by atoms with Crippen molar-refractivity contribution in [3.05, 3.63) is 114 Å². The maximum absolute atomic E-state index is 12.2. The van der Waals surface area contributed by atoms with E-state index < -0.39 is 12.0 Å². The monoisotopic (exact) mass is 450 g/mol. The maximum atomic E-state index is 12.2. The van der Waals surface area contributed by atoms with Gasteiger partial charge in [0.15, 0.2) is 5.78 Å². The van der Waals surface area contributed by atoms with Gasteiger partial charge in [-0.15, -0.1) is 0 Å². The molecular weight excluding hydrogens is 428 g/mol. The molecule has 168 valence electrons. The molecule has 1 aliphatic rings. The minimum atomic E-state index is -0.516. The van der Waals surface area contributed by atoms with Crippen LogP contribution in [-0.4, -0.2) is 23.3 Å². The number of pyridine rings is 1. The number of Topliss-reactive ketones (excluding diaryl/α,β-unsaturated/α-hetero) is 1. The quantitative estimate of drug-likeness (QED) is 0.447. The van der Waals surface area contributed by atoms with Gasteiger partial charge in [-0.05, 0) is 41.5 Å². The van der Waals surface area contributed by atoms with Gasteiger partial charge >= 0.3 is 0 Å². The van der Waals surface area contributed by atoms with Gasteiger partial charge in [-0.3, -0.25) is 14.6 Å². The van der Waals surface area contributed by atoms with Crippen LogP contribution in [0.1, 0.15) is 44.4 Å². The topological polar surface area (TPSA) is 91.5 Å². The first-order valence-electron chi connectivity index (χ1n) is 11.0. The first-order chi connectivity index (χ1) is 16.6. The van der Waals surface area contributed by atoms with Gasteiger partial charge in [-0.1, -0.05) is 42.5 Å². The average Bonchev–Trinajstić information content (AvgIpc) is 2.88. The van der Waals surface area contributed by atoms with E-state index in [1.165, 1.54) is 0 Å².